The zero-order valence-electron chi connectivity index (χ0n) is 19.0. The van der Waals surface area contributed by atoms with Gasteiger partial charge in [0.2, 0.25) is 5.91 Å². The molecule has 176 valence electrons. The van der Waals surface area contributed by atoms with Crippen LogP contribution in [-0.4, -0.2) is 53.0 Å². The number of halogens is 1. The number of hydrogen-bond acceptors (Lipinski definition) is 6. The lowest BCUT2D eigenvalue weighted by molar-refractivity contribution is -0.134. The van der Waals surface area contributed by atoms with E-state index < -0.39 is 0 Å². The molecule has 1 N–H and O–H groups in total. The van der Waals surface area contributed by atoms with Crippen molar-refractivity contribution in [2.45, 2.75) is 20.3 Å². The van der Waals surface area contributed by atoms with Crippen molar-refractivity contribution in [2.75, 3.05) is 31.6 Å². The number of aryl methyl sites for hydroxylation is 2. The van der Waals surface area contributed by atoms with E-state index in [4.69, 9.17) is 21.1 Å². The van der Waals surface area contributed by atoms with E-state index in [0.29, 0.717) is 42.6 Å². The molecule has 1 aliphatic rings. The first-order valence-corrected chi connectivity index (χ1v) is 11.3. The average molecular weight is 481 g/mol. The summed E-state index contributed by atoms with van der Waals surface area (Å²) < 4.78 is 11.0. The molecular formula is C25H25ClN4O4. The number of amides is 2. The Balaban J connectivity index is 1.38. The summed E-state index contributed by atoms with van der Waals surface area (Å²) in [6.45, 7) is 6.19. The molecule has 0 unspecified atom stereocenters. The van der Waals surface area contributed by atoms with Gasteiger partial charge in [-0.3, -0.25) is 9.59 Å². The standard InChI is InChI=1S/C25H25ClN4O4/c1-16-4-3-5-17(2)23(16)29-24(32)19-14-27-25(28-15-19)34-21-7-6-18(12-20(21)26)13-22(31)30-8-10-33-11-9-30/h3-7,12,14-15H,8-11,13H2,1-2H3,(H,29,32). The first kappa shape index (κ1) is 23.7. The highest BCUT2D eigenvalue weighted by atomic mass is 35.5. The number of benzene rings is 2. The van der Waals surface area contributed by atoms with E-state index in [1.807, 2.05) is 32.0 Å². The maximum absolute atomic E-state index is 12.6. The highest BCUT2D eigenvalue weighted by molar-refractivity contribution is 6.32. The summed E-state index contributed by atoms with van der Waals surface area (Å²) in [5.74, 6) is 0.0827. The van der Waals surface area contributed by atoms with Gasteiger partial charge >= 0.3 is 6.01 Å². The maximum atomic E-state index is 12.6. The average Bonchev–Trinajstić information content (AvgIpc) is 2.84. The van der Waals surface area contributed by atoms with Crippen LogP contribution in [0, 0.1) is 13.8 Å². The lowest BCUT2D eigenvalue weighted by atomic mass is 10.1. The molecule has 9 heteroatoms. The molecule has 1 saturated heterocycles. The minimum Gasteiger partial charge on any atom is -0.423 e. The van der Waals surface area contributed by atoms with Crippen LogP contribution in [0.15, 0.2) is 48.8 Å². The molecule has 1 aromatic heterocycles. The highest BCUT2D eigenvalue weighted by Crippen LogP contribution is 2.29. The van der Waals surface area contributed by atoms with Crippen LogP contribution >= 0.6 is 11.6 Å². The van der Waals surface area contributed by atoms with Gasteiger partial charge in [0.25, 0.3) is 5.91 Å². The Morgan fingerprint density at radius 1 is 1.09 bits per heavy atom. The molecule has 1 aliphatic heterocycles. The quantitative estimate of drug-likeness (QED) is 0.568. The molecule has 34 heavy (non-hydrogen) atoms. The van der Waals surface area contributed by atoms with Crippen LogP contribution in [0.2, 0.25) is 5.02 Å². The number of carbonyl (C=O) groups is 2. The van der Waals surface area contributed by atoms with Gasteiger partial charge in [-0.1, -0.05) is 35.9 Å². The molecule has 0 aliphatic carbocycles. The number of para-hydroxylation sites is 1. The normalized spacial score (nSPS) is 13.4. The molecule has 3 aromatic rings. The van der Waals surface area contributed by atoms with Crippen molar-refractivity contribution in [3.63, 3.8) is 0 Å². The minimum absolute atomic E-state index is 0.0334. The Morgan fingerprint density at radius 2 is 1.76 bits per heavy atom. The second-order valence-electron chi connectivity index (χ2n) is 8.01. The first-order chi connectivity index (χ1) is 16.4. The third-order valence-electron chi connectivity index (χ3n) is 5.53. The number of hydrogen-bond donors (Lipinski definition) is 1. The summed E-state index contributed by atoms with van der Waals surface area (Å²) in [7, 11) is 0. The van der Waals surface area contributed by atoms with Crippen molar-refractivity contribution in [2.24, 2.45) is 0 Å². The summed E-state index contributed by atoms with van der Waals surface area (Å²) in [6.07, 6.45) is 3.05. The van der Waals surface area contributed by atoms with Gasteiger partial charge in [0.05, 0.1) is 30.2 Å². The topological polar surface area (TPSA) is 93.6 Å². The van der Waals surface area contributed by atoms with Crippen LogP contribution in [0.3, 0.4) is 0 Å². The van der Waals surface area contributed by atoms with Gasteiger partial charge in [-0.05, 0) is 42.7 Å². The van der Waals surface area contributed by atoms with Crippen molar-refractivity contribution in [3.05, 3.63) is 76.1 Å². The number of ether oxygens (including phenoxy) is 2. The van der Waals surface area contributed by atoms with E-state index in [2.05, 4.69) is 15.3 Å². The molecule has 8 nitrogen and oxygen atoms in total. The fourth-order valence-electron chi connectivity index (χ4n) is 3.62. The van der Waals surface area contributed by atoms with Gasteiger partial charge in [0.15, 0.2) is 0 Å². The molecule has 4 rings (SSSR count). The fraction of sp³-hybridized carbons (Fsp3) is 0.280. The summed E-state index contributed by atoms with van der Waals surface area (Å²) >= 11 is 6.36. The molecule has 0 spiro atoms. The minimum atomic E-state index is -0.309. The zero-order valence-corrected chi connectivity index (χ0v) is 19.8. The van der Waals surface area contributed by atoms with Gasteiger partial charge in [0, 0.05) is 31.2 Å². The van der Waals surface area contributed by atoms with Crippen LogP contribution in [0.5, 0.6) is 11.8 Å². The molecule has 2 heterocycles. The molecule has 1 fully saturated rings. The van der Waals surface area contributed by atoms with Crippen molar-refractivity contribution in [1.82, 2.24) is 14.9 Å². The van der Waals surface area contributed by atoms with Crippen molar-refractivity contribution < 1.29 is 19.1 Å². The van der Waals surface area contributed by atoms with Crippen LogP contribution in [-0.2, 0) is 16.0 Å². The molecule has 0 saturated carbocycles. The van der Waals surface area contributed by atoms with E-state index in [9.17, 15) is 9.59 Å². The number of anilines is 1. The Morgan fingerprint density at radius 3 is 2.41 bits per heavy atom. The van der Waals surface area contributed by atoms with Crippen molar-refractivity contribution in [1.29, 1.82) is 0 Å². The Bertz CT molecular complexity index is 1170. The predicted molar refractivity (Wildman–Crippen MR) is 129 cm³/mol. The molecule has 0 atom stereocenters. The van der Waals surface area contributed by atoms with E-state index in [0.717, 1.165) is 22.4 Å². The smallest absolute Gasteiger partial charge is 0.321 e. The predicted octanol–water partition coefficient (Wildman–Crippen LogP) is 4.19. The molecular weight excluding hydrogens is 456 g/mol. The van der Waals surface area contributed by atoms with Crippen LogP contribution < -0.4 is 10.1 Å². The zero-order chi connectivity index (χ0) is 24.1. The maximum Gasteiger partial charge on any atom is 0.321 e. The summed E-state index contributed by atoms with van der Waals surface area (Å²) in [4.78, 5) is 35.1. The van der Waals surface area contributed by atoms with E-state index in [-0.39, 0.29) is 24.2 Å². The number of carbonyl (C=O) groups excluding carboxylic acids is 2. The number of nitrogens with zero attached hydrogens (tertiary/aromatic N) is 3. The van der Waals surface area contributed by atoms with E-state index >= 15 is 0 Å². The number of nitrogens with one attached hydrogen (secondary N) is 1. The van der Waals surface area contributed by atoms with Gasteiger partial charge < -0.3 is 19.7 Å². The molecule has 2 amide bonds. The van der Waals surface area contributed by atoms with Crippen molar-refractivity contribution >= 4 is 29.1 Å². The van der Waals surface area contributed by atoms with E-state index in [1.165, 1.54) is 12.4 Å². The summed E-state index contributed by atoms with van der Waals surface area (Å²) in [5.41, 5.74) is 3.80. The Hall–Kier alpha value is -3.49. The molecule has 0 bridgehead atoms. The van der Waals surface area contributed by atoms with Crippen LogP contribution in [0.4, 0.5) is 5.69 Å². The van der Waals surface area contributed by atoms with Gasteiger partial charge in [0.1, 0.15) is 5.75 Å². The lowest BCUT2D eigenvalue weighted by Gasteiger charge is -2.26. The summed E-state index contributed by atoms with van der Waals surface area (Å²) in [6, 6.07) is 11.0. The number of morpholine rings is 1. The molecule has 0 radical (unpaired) electrons. The Labute approximate surface area is 202 Å². The monoisotopic (exact) mass is 480 g/mol. The summed E-state index contributed by atoms with van der Waals surface area (Å²) in [5, 5.41) is 3.24. The third kappa shape index (κ3) is 5.70. The lowest BCUT2D eigenvalue weighted by Crippen LogP contribution is -2.41. The van der Waals surface area contributed by atoms with E-state index in [1.54, 1.807) is 23.1 Å². The molecule has 2 aromatic carbocycles. The SMILES string of the molecule is Cc1cccc(C)c1NC(=O)c1cnc(Oc2ccc(CC(=O)N3CCOCC3)cc2Cl)nc1. The van der Waals surface area contributed by atoms with Gasteiger partial charge in [-0.15, -0.1) is 0 Å². The number of aromatic nitrogens is 2. The second kappa shape index (κ2) is 10.6. The highest BCUT2D eigenvalue weighted by Gasteiger charge is 2.18. The fourth-order valence-corrected chi connectivity index (χ4v) is 3.86. The third-order valence-corrected chi connectivity index (χ3v) is 5.82. The Kier molecular flexibility index (Phi) is 7.40. The first-order valence-electron chi connectivity index (χ1n) is 10.9. The largest absolute Gasteiger partial charge is 0.423 e. The van der Waals surface area contributed by atoms with Gasteiger partial charge in [-0.25, -0.2) is 9.97 Å². The van der Waals surface area contributed by atoms with Gasteiger partial charge in [-0.2, -0.15) is 0 Å². The number of rotatable bonds is 6. The second-order valence-corrected chi connectivity index (χ2v) is 8.42. The van der Waals surface area contributed by atoms with Crippen molar-refractivity contribution in [3.8, 4) is 11.8 Å². The van der Waals surface area contributed by atoms with Crippen LogP contribution in [0.25, 0.3) is 0 Å². The van der Waals surface area contributed by atoms with Crippen LogP contribution in [0.1, 0.15) is 27.0 Å².